The van der Waals surface area contributed by atoms with Crippen LogP contribution in [0.15, 0.2) is 12.1 Å². The normalized spacial score (nSPS) is 10.9. The SMILES string of the molecule is CCc1c(C)nc2c(Cl)ccc(F)c2c1NN. The van der Waals surface area contributed by atoms with Gasteiger partial charge < -0.3 is 5.43 Å². The van der Waals surface area contributed by atoms with Crippen LogP contribution in [0.4, 0.5) is 10.1 Å². The molecule has 0 spiro atoms. The minimum Gasteiger partial charge on any atom is -0.323 e. The van der Waals surface area contributed by atoms with E-state index in [1.807, 2.05) is 13.8 Å². The van der Waals surface area contributed by atoms with Crippen molar-refractivity contribution in [2.45, 2.75) is 20.3 Å². The van der Waals surface area contributed by atoms with E-state index in [0.717, 1.165) is 17.7 Å². The Morgan fingerprint density at radius 1 is 1.47 bits per heavy atom. The maximum Gasteiger partial charge on any atom is 0.134 e. The lowest BCUT2D eigenvalue weighted by molar-refractivity contribution is 0.639. The summed E-state index contributed by atoms with van der Waals surface area (Å²) in [6.07, 6.45) is 0.722. The van der Waals surface area contributed by atoms with Gasteiger partial charge in [-0.05, 0) is 31.0 Å². The first-order valence-electron chi connectivity index (χ1n) is 5.34. The number of hydrogen-bond donors (Lipinski definition) is 2. The topological polar surface area (TPSA) is 50.9 Å². The van der Waals surface area contributed by atoms with Crippen molar-refractivity contribution < 1.29 is 4.39 Å². The van der Waals surface area contributed by atoms with E-state index in [1.165, 1.54) is 12.1 Å². The van der Waals surface area contributed by atoms with Gasteiger partial charge in [0.05, 0.1) is 21.6 Å². The van der Waals surface area contributed by atoms with Gasteiger partial charge in [-0.25, -0.2) is 4.39 Å². The molecule has 0 aliphatic carbocycles. The van der Waals surface area contributed by atoms with Gasteiger partial charge in [-0.1, -0.05) is 18.5 Å². The van der Waals surface area contributed by atoms with Crippen molar-refractivity contribution in [3.8, 4) is 0 Å². The molecule has 3 nitrogen and oxygen atoms in total. The van der Waals surface area contributed by atoms with Gasteiger partial charge in [-0.15, -0.1) is 0 Å². The molecular weight excluding hydrogens is 241 g/mol. The van der Waals surface area contributed by atoms with Crippen molar-refractivity contribution >= 4 is 28.2 Å². The molecule has 0 bridgehead atoms. The number of hydrazine groups is 1. The standard InChI is InChI=1S/C12H13ClFN3/c1-3-7-6(2)16-12-8(13)4-5-9(14)10(12)11(7)17-15/h4-5H,3,15H2,1-2H3,(H,16,17). The molecule has 2 aromatic rings. The van der Waals surface area contributed by atoms with Crippen molar-refractivity contribution in [1.82, 2.24) is 4.98 Å². The number of nitrogens with one attached hydrogen (secondary N) is 1. The summed E-state index contributed by atoms with van der Waals surface area (Å²) in [7, 11) is 0. The highest BCUT2D eigenvalue weighted by Gasteiger charge is 2.15. The van der Waals surface area contributed by atoms with Gasteiger partial charge in [0, 0.05) is 5.69 Å². The van der Waals surface area contributed by atoms with Crippen LogP contribution in [-0.4, -0.2) is 4.98 Å². The molecule has 5 heteroatoms. The molecular formula is C12H13ClFN3. The lowest BCUT2D eigenvalue weighted by Gasteiger charge is -2.14. The van der Waals surface area contributed by atoms with Crippen LogP contribution in [0.2, 0.25) is 5.02 Å². The molecule has 0 unspecified atom stereocenters. The van der Waals surface area contributed by atoms with Crippen LogP contribution in [0.3, 0.4) is 0 Å². The van der Waals surface area contributed by atoms with E-state index in [2.05, 4.69) is 10.4 Å². The summed E-state index contributed by atoms with van der Waals surface area (Å²) >= 11 is 6.03. The second-order valence-electron chi connectivity index (χ2n) is 3.80. The Morgan fingerprint density at radius 3 is 2.76 bits per heavy atom. The van der Waals surface area contributed by atoms with Crippen LogP contribution in [0.1, 0.15) is 18.2 Å². The van der Waals surface area contributed by atoms with Crippen molar-refractivity contribution in [2.75, 3.05) is 5.43 Å². The molecule has 2 rings (SSSR count). The number of rotatable bonds is 2. The van der Waals surface area contributed by atoms with E-state index in [4.69, 9.17) is 17.4 Å². The summed E-state index contributed by atoms with van der Waals surface area (Å²) in [6, 6.07) is 2.82. The zero-order valence-electron chi connectivity index (χ0n) is 9.64. The number of aromatic nitrogens is 1. The zero-order valence-corrected chi connectivity index (χ0v) is 10.4. The summed E-state index contributed by atoms with van der Waals surface area (Å²) in [4.78, 5) is 4.35. The summed E-state index contributed by atoms with van der Waals surface area (Å²) in [5.74, 6) is 5.12. The number of halogens is 2. The summed E-state index contributed by atoms with van der Waals surface area (Å²) in [6.45, 7) is 3.83. The number of nitrogens with two attached hydrogens (primary N) is 1. The van der Waals surface area contributed by atoms with Gasteiger partial charge in [0.2, 0.25) is 0 Å². The van der Waals surface area contributed by atoms with Crippen molar-refractivity contribution in [2.24, 2.45) is 5.84 Å². The smallest absolute Gasteiger partial charge is 0.134 e. The average molecular weight is 254 g/mol. The molecule has 1 aromatic heterocycles. The Bertz CT molecular complexity index is 584. The second-order valence-corrected chi connectivity index (χ2v) is 4.21. The summed E-state index contributed by atoms with van der Waals surface area (Å²) in [5, 5.41) is 0.770. The van der Waals surface area contributed by atoms with Crippen molar-refractivity contribution in [3.63, 3.8) is 0 Å². The highest BCUT2D eigenvalue weighted by Crippen LogP contribution is 2.33. The minimum absolute atomic E-state index is 0.349. The van der Waals surface area contributed by atoms with Crippen LogP contribution >= 0.6 is 11.6 Å². The number of anilines is 1. The molecule has 0 fully saturated rings. The number of hydrogen-bond acceptors (Lipinski definition) is 3. The first-order valence-corrected chi connectivity index (χ1v) is 5.71. The fourth-order valence-electron chi connectivity index (χ4n) is 2.05. The molecule has 1 aromatic carbocycles. The molecule has 0 saturated carbocycles. The van der Waals surface area contributed by atoms with Crippen molar-refractivity contribution in [1.29, 1.82) is 0 Å². The highest BCUT2D eigenvalue weighted by atomic mass is 35.5. The van der Waals surface area contributed by atoms with Gasteiger partial charge in [-0.3, -0.25) is 10.8 Å². The van der Waals surface area contributed by atoms with Crippen LogP contribution < -0.4 is 11.3 Å². The second kappa shape index (κ2) is 4.47. The van der Waals surface area contributed by atoms with E-state index < -0.39 is 0 Å². The van der Waals surface area contributed by atoms with Crippen molar-refractivity contribution in [3.05, 3.63) is 34.2 Å². The molecule has 0 aliphatic rings. The van der Waals surface area contributed by atoms with E-state index in [0.29, 0.717) is 21.6 Å². The Hall–Kier alpha value is -1.39. The van der Waals surface area contributed by atoms with Gasteiger partial charge in [0.1, 0.15) is 5.82 Å². The van der Waals surface area contributed by atoms with Gasteiger partial charge in [0.15, 0.2) is 0 Å². The number of benzene rings is 1. The third-order valence-electron chi connectivity index (χ3n) is 2.84. The first kappa shape index (κ1) is 12.1. The maximum absolute atomic E-state index is 13.9. The Labute approximate surface area is 104 Å². The molecule has 3 N–H and O–H groups in total. The molecule has 0 atom stereocenters. The maximum atomic E-state index is 13.9. The minimum atomic E-state index is -0.375. The summed E-state index contributed by atoms with van der Waals surface area (Å²) in [5.41, 5.74) is 5.27. The van der Waals surface area contributed by atoms with Crippen LogP contribution in [-0.2, 0) is 6.42 Å². The molecule has 0 amide bonds. The zero-order chi connectivity index (χ0) is 12.6. The highest BCUT2D eigenvalue weighted by molar-refractivity contribution is 6.35. The van der Waals surface area contributed by atoms with Crippen LogP contribution in [0, 0.1) is 12.7 Å². The Balaban J connectivity index is 2.98. The number of pyridine rings is 1. The lowest BCUT2D eigenvalue weighted by Crippen LogP contribution is -2.12. The first-order chi connectivity index (χ1) is 8.10. The van der Waals surface area contributed by atoms with Crippen LogP contribution in [0.5, 0.6) is 0 Å². The number of nitrogens with zero attached hydrogens (tertiary/aromatic N) is 1. The number of nitrogen functional groups attached to an aromatic ring is 1. The fraction of sp³-hybridized carbons (Fsp3) is 0.250. The van der Waals surface area contributed by atoms with Gasteiger partial charge in [0.25, 0.3) is 0 Å². The van der Waals surface area contributed by atoms with E-state index in [-0.39, 0.29) is 5.82 Å². The quantitative estimate of drug-likeness (QED) is 0.638. The predicted octanol–water partition coefficient (Wildman–Crippen LogP) is 3.18. The third-order valence-corrected chi connectivity index (χ3v) is 3.15. The van der Waals surface area contributed by atoms with Gasteiger partial charge in [-0.2, -0.15) is 0 Å². The molecule has 0 radical (unpaired) electrons. The molecule has 90 valence electrons. The van der Waals surface area contributed by atoms with E-state index in [9.17, 15) is 4.39 Å². The van der Waals surface area contributed by atoms with Crippen LogP contribution in [0.25, 0.3) is 10.9 Å². The Morgan fingerprint density at radius 2 is 2.18 bits per heavy atom. The Kier molecular flexibility index (Phi) is 3.17. The fourth-order valence-corrected chi connectivity index (χ4v) is 2.25. The molecule has 1 heterocycles. The number of aryl methyl sites for hydroxylation is 1. The van der Waals surface area contributed by atoms with Gasteiger partial charge >= 0.3 is 0 Å². The summed E-state index contributed by atoms with van der Waals surface area (Å²) < 4.78 is 13.9. The average Bonchev–Trinajstić information content (AvgIpc) is 2.32. The molecule has 0 aliphatic heterocycles. The lowest BCUT2D eigenvalue weighted by atomic mass is 10.0. The molecule has 17 heavy (non-hydrogen) atoms. The number of fused-ring (bicyclic) bond motifs is 1. The molecule has 0 saturated heterocycles. The monoisotopic (exact) mass is 253 g/mol. The van der Waals surface area contributed by atoms with E-state index >= 15 is 0 Å². The van der Waals surface area contributed by atoms with E-state index in [1.54, 1.807) is 0 Å². The third kappa shape index (κ3) is 1.83. The predicted molar refractivity (Wildman–Crippen MR) is 68.6 cm³/mol. The largest absolute Gasteiger partial charge is 0.323 e.